The Morgan fingerprint density at radius 3 is 2.44 bits per heavy atom. The molecule has 0 amide bonds. The summed E-state index contributed by atoms with van der Waals surface area (Å²) in [5.41, 5.74) is 6.96. The maximum atomic E-state index is 9.24. The zero-order valence-electron chi connectivity index (χ0n) is 9.52. The second-order valence-electron chi connectivity index (χ2n) is 4.53. The van der Waals surface area contributed by atoms with E-state index in [9.17, 15) is 5.11 Å². The summed E-state index contributed by atoms with van der Waals surface area (Å²) in [7, 11) is 0. The molecule has 1 aromatic rings. The van der Waals surface area contributed by atoms with Crippen molar-refractivity contribution < 1.29 is 5.11 Å². The average molecular weight is 220 g/mol. The van der Waals surface area contributed by atoms with Crippen molar-refractivity contribution in [2.24, 2.45) is 5.73 Å². The Balaban J connectivity index is 2.00. The summed E-state index contributed by atoms with van der Waals surface area (Å²) in [4.78, 5) is 0. The SMILES string of the molecule is NCC(NC1CCCC1)c1ccc(O)cc1. The molecule has 1 fully saturated rings. The van der Waals surface area contributed by atoms with E-state index in [1.807, 2.05) is 12.1 Å². The first-order valence-electron chi connectivity index (χ1n) is 6.04. The van der Waals surface area contributed by atoms with Crippen LogP contribution in [0.15, 0.2) is 24.3 Å². The van der Waals surface area contributed by atoms with Crippen LogP contribution >= 0.6 is 0 Å². The summed E-state index contributed by atoms with van der Waals surface area (Å²) in [6.07, 6.45) is 5.16. The lowest BCUT2D eigenvalue weighted by Crippen LogP contribution is -2.35. The summed E-state index contributed by atoms with van der Waals surface area (Å²) in [6.45, 7) is 0.598. The predicted octanol–water partition coefficient (Wildman–Crippen LogP) is 1.92. The topological polar surface area (TPSA) is 58.3 Å². The van der Waals surface area contributed by atoms with E-state index >= 15 is 0 Å². The second-order valence-corrected chi connectivity index (χ2v) is 4.53. The van der Waals surface area contributed by atoms with E-state index in [0.717, 1.165) is 5.56 Å². The van der Waals surface area contributed by atoms with E-state index in [2.05, 4.69) is 5.32 Å². The lowest BCUT2D eigenvalue weighted by molar-refractivity contribution is 0.443. The third kappa shape index (κ3) is 2.74. The number of phenolic OH excluding ortho intramolecular Hbond substituents is 1. The minimum atomic E-state index is 0.212. The fraction of sp³-hybridized carbons (Fsp3) is 0.538. The molecule has 1 aliphatic carbocycles. The molecule has 16 heavy (non-hydrogen) atoms. The van der Waals surface area contributed by atoms with E-state index in [4.69, 9.17) is 5.73 Å². The molecule has 1 saturated carbocycles. The number of aromatic hydroxyl groups is 1. The van der Waals surface area contributed by atoms with Crippen molar-refractivity contribution >= 4 is 0 Å². The van der Waals surface area contributed by atoms with Crippen LogP contribution in [0.25, 0.3) is 0 Å². The van der Waals surface area contributed by atoms with Gasteiger partial charge in [-0.15, -0.1) is 0 Å². The van der Waals surface area contributed by atoms with E-state index < -0.39 is 0 Å². The van der Waals surface area contributed by atoms with Gasteiger partial charge in [-0.2, -0.15) is 0 Å². The van der Waals surface area contributed by atoms with E-state index in [0.29, 0.717) is 18.3 Å². The maximum absolute atomic E-state index is 9.24. The Labute approximate surface area is 96.7 Å². The number of hydrogen-bond acceptors (Lipinski definition) is 3. The van der Waals surface area contributed by atoms with Gasteiger partial charge in [0, 0.05) is 18.6 Å². The average Bonchev–Trinajstić information content (AvgIpc) is 2.80. The third-order valence-electron chi connectivity index (χ3n) is 3.32. The van der Waals surface area contributed by atoms with Gasteiger partial charge in [0.1, 0.15) is 5.75 Å². The van der Waals surface area contributed by atoms with Gasteiger partial charge in [0.15, 0.2) is 0 Å². The van der Waals surface area contributed by atoms with Crippen molar-refractivity contribution in [2.45, 2.75) is 37.8 Å². The monoisotopic (exact) mass is 220 g/mol. The Morgan fingerprint density at radius 2 is 1.88 bits per heavy atom. The molecule has 2 rings (SSSR count). The minimum absolute atomic E-state index is 0.212. The molecule has 88 valence electrons. The van der Waals surface area contributed by atoms with Crippen molar-refractivity contribution in [1.29, 1.82) is 0 Å². The molecule has 1 atom stereocenters. The van der Waals surface area contributed by atoms with Gasteiger partial charge in [-0.1, -0.05) is 25.0 Å². The summed E-state index contributed by atoms with van der Waals surface area (Å²) in [6, 6.07) is 8.14. The van der Waals surface area contributed by atoms with Gasteiger partial charge in [-0.25, -0.2) is 0 Å². The Bertz CT molecular complexity index is 317. The molecule has 0 aliphatic heterocycles. The van der Waals surface area contributed by atoms with Crippen LogP contribution in [0.5, 0.6) is 5.75 Å². The highest BCUT2D eigenvalue weighted by atomic mass is 16.3. The van der Waals surface area contributed by atoms with Crippen LogP contribution < -0.4 is 11.1 Å². The molecule has 3 nitrogen and oxygen atoms in total. The first kappa shape index (κ1) is 11.4. The molecule has 0 bridgehead atoms. The molecule has 0 radical (unpaired) electrons. The number of benzene rings is 1. The van der Waals surface area contributed by atoms with Crippen molar-refractivity contribution in [3.05, 3.63) is 29.8 Å². The van der Waals surface area contributed by atoms with Gasteiger partial charge >= 0.3 is 0 Å². The molecule has 1 aliphatic rings. The number of nitrogens with one attached hydrogen (secondary N) is 1. The molecule has 0 saturated heterocycles. The Hall–Kier alpha value is -1.06. The second kappa shape index (κ2) is 5.32. The normalized spacial score (nSPS) is 18.8. The molecular weight excluding hydrogens is 200 g/mol. The maximum Gasteiger partial charge on any atom is 0.115 e. The van der Waals surface area contributed by atoms with Gasteiger partial charge in [0.05, 0.1) is 0 Å². The van der Waals surface area contributed by atoms with Crippen LogP contribution in [-0.2, 0) is 0 Å². The summed E-state index contributed by atoms with van der Waals surface area (Å²) in [5.74, 6) is 0.306. The van der Waals surface area contributed by atoms with Crippen molar-refractivity contribution in [2.75, 3.05) is 6.54 Å². The van der Waals surface area contributed by atoms with Gasteiger partial charge in [0.25, 0.3) is 0 Å². The predicted molar refractivity (Wildman–Crippen MR) is 65.3 cm³/mol. The molecule has 0 aromatic heterocycles. The number of phenols is 1. The first-order chi connectivity index (χ1) is 7.79. The zero-order chi connectivity index (χ0) is 11.4. The van der Waals surface area contributed by atoms with Crippen LogP contribution in [-0.4, -0.2) is 17.7 Å². The summed E-state index contributed by atoms with van der Waals surface area (Å²) < 4.78 is 0. The third-order valence-corrected chi connectivity index (χ3v) is 3.32. The molecular formula is C13H20N2O. The molecule has 3 heteroatoms. The van der Waals surface area contributed by atoms with Gasteiger partial charge in [0.2, 0.25) is 0 Å². The highest BCUT2D eigenvalue weighted by molar-refractivity contribution is 5.28. The zero-order valence-corrected chi connectivity index (χ0v) is 9.52. The fourth-order valence-electron chi connectivity index (χ4n) is 2.38. The standard InChI is InChI=1S/C13H20N2O/c14-9-13(15-11-3-1-2-4-11)10-5-7-12(16)8-6-10/h5-8,11,13,15-16H,1-4,9,14H2. The van der Waals surface area contributed by atoms with Crippen molar-refractivity contribution in [3.8, 4) is 5.75 Å². The molecule has 0 heterocycles. The van der Waals surface area contributed by atoms with Crippen LogP contribution in [0.1, 0.15) is 37.3 Å². The van der Waals surface area contributed by atoms with Crippen LogP contribution in [0, 0.1) is 0 Å². The van der Waals surface area contributed by atoms with Gasteiger partial charge in [-0.3, -0.25) is 0 Å². The number of hydrogen-bond donors (Lipinski definition) is 3. The number of nitrogens with two attached hydrogens (primary N) is 1. The molecule has 0 spiro atoms. The minimum Gasteiger partial charge on any atom is -0.508 e. The highest BCUT2D eigenvalue weighted by Gasteiger charge is 2.19. The Morgan fingerprint density at radius 1 is 1.25 bits per heavy atom. The smallest absolute Gasteiger partial charge is 0.115 e. The molecule has 1 aromatic carbocycles. The van der Waals surface area contributed by atoms with E-state index in [-0.39, 0.29) is 6.04 Å². The fourth-order valence-corrected chi connectivity index (χ4v) is 2.38. The van der Waals surface area contributed by atoms with Crippen LogP contribution in [0.3, 0.4) is 0 Å². The summed E-state index contributed by atoms with van der Waals surface area (Å²) in [5, 5.41) is 12.8. The number of rotatable bonds is 4. The summed E-state index contributed by atoms with van der Waals surface area (Å²) >= 11 is 0. The van der Waals surface area contributed by atoms with E-state index in [1.54, 1.807) is 12.1 Å². The van der Waals surface area contributed by atoms with Crippen LogP contribution in [0.4, 0.5) is 0 Å². The van der Waals surface area contributed by atoms with Crippen molar-refractivity contribution in [1.82, 2.24) is 5.32 Å². The van der Waals surface area contributed by atoms with Gasteiger partial charge in [-0.05, 0) is 30.5 Å². The largest absolute Gasteiger partial charge is 0.508 e. The molecule has 4 N–H and O–H groups in total. The first-order valence-corrected chi connectivity index (χ1v) is 6.04. The van der Waals surface area contributed by atoms with E-state index in [1.165, 1.54) is 25.7 Å². The quantitative estimate of drug-likeness (QED) is 0.726. The van der Waals surface area contributed by atoms with Crippen molar-refractivity contribution in [3.63, 3.8) is 0 Å². The van der Waals surface area contributed by atoms with Crippen LogP contribution in [0.2, 0.25) is 0 Å². The lowest BCUT2D eigenvalue weighted by Gasteiger charge is -2.22. The van der Waals surface area contributed by atoms with Gasteiger partial charge < -0.3 is 16.2 Å². The highest BCUT2D eigenvalue weighted by Crippen LogP contribution is 2.22. The Kier molecular flexibility index (Phi) is 3.80. The lowest BCUT2D eigenvalue weighted by atomic mass is 10.1. The molecule has 1 unspecified atom stereocenters.